The molecule has 30 heavy (non-hydrogen) atoms. The van der Waals surface area contributed by atoms with Crippen LogP contribution in [0.15, 0.2) is 65.5 Å². The number of carbonyl (C=O) groups is 1. The first-order chi connectivity index (χ1) is 14.6. The third-order valence-electron chi connectivity index (χ3n) is 4.18. The van der Waals surface area contributed by atoms with E-state index in [0.29, 0.717) is 24.5 Å². The topological polar surface area (TPSA) is 108 Å². The molecule has 0 unspecified atom stereocenters. The van der Waals surface area contributed by atoms with Gasteiger partial charge >= 0.3 is 6.09 Å². The molecule has 8 nitrogen and oxygen atoms in total. The molecule has 3 N–H and O–H groups in total. The van der Waals surface area contributed by atoms with Crippen LogP contribution in [0.3, 0.4) is 0 Å². The van der Waals surface area contributed by atoms with Crippen molar-refractivity contribution in [2.45, 2.75) is 13.5 Å². The summed E-state index contributed by atoms with van der Waals surface area (Å²) in [5, 5.41) is 7.13. The van der Waals surface area contributed by atoms with Crippen molar-refractivity contribution in [1.82, 2.24) is 9.78 Å². The van der Waals surface area contributed by atoms with Crippen molar-refractivity contribution >= 4 is 11.8 Å². The highest BCUT2D eigenvalue weighted by Gasteiger charge is 2.07. The van der Waals surface area contributed by atoms with E-state index in [1.807, 2.05) is 30.3 Å². The lowest BCUT2D eigenvalue weighted by molar-refractivity contribution is 0.168. The van der Waals surface area contributed by atoms with Gasteiger partial charge in [0, 0.05) is 23.9 Å². The third-order valence-corrected chi connectivity index (χ3v) is 4.18. The Morgan fingerprint density at radius 3 is 2.67 bits per heavy atom. The van der Waals surface area contributed by atoms with Crippen LogP contribution in [0, 0.1) is 0 Å². The molecule has 0 bridgehead atoms. The molecule has 1 amide bonds. The van der Waals surface area contributed by atoms with Crippen molar-refractivity contribution in [2.75, 3.05) is 25.1 Å². The van der Waals surface area contributed by atoms with E-state index in [1.54, 1.807) is 31.2 Å². The summed E-state index contributed by atoms with van der Waals surface area (Å²) in [5.74, 6) is 0.725. The molecule has 1 heterocycles. The fraction of sp³-hybridized carbons (Fsp3) is 0.227. The van der Waals surface area contributed by atoms with Crippen LogP contribution in [-0.2, 0) is 11.3 Å². The molecular weight excluding hydrogens is 384 g/mol. The van der Waals surface area contributed by atoms with Gasteiger partial charge in [-0.15, -0.1) is 0 Å². The number of nitrogens with two attached hydrogens (primary N) is 1. The number of hydrogen-bond acceptors (Lipinski definition) is 6. The minimum atomic E-state index is -0.522. The average molecular weight is 408 g/mol. The summed E-state index contributed by atoms with van der Waals surface area (Å²) >= 11 is 0. The first-order valence-electron chi connectivity index (χ1n) is 9.63. The number of rotatable bonds is 8. The molecule has 156 valence electrons. The maximum absolute atomic E-state index is 12.3. The van der Waals surface area contributed by atoms with Gasteiger partial charge < -0.3 is 15.2 Å². The third kappa shape index (κ3) is 5.68. The van der Waals surface area contributed by atoms with Crippen LogP contribution >= 0.6 is 0 Å². The van der Waals surface area contributed by atoms with Crippen LogP contribution in [0.1, 0.15) is 12.5 Å². The van der Waals surface area contributed by atoms with Gasteiger partial charge in [-0.05, 0) is 55.0 Å². The molecule has 2 aromatic carbocycles. The molecule has 3 rings (SSSR count). The smallest absolute Gasteiger partial charge is 0.411 e. The Kier molecular flexibility index (Phi) is 7.18. The summed E-state index contributed by atoms with van der Waals surface area (Å²) < 4.78 is 11.8. The zero-order chi connectivity index (χ0) is 21.3. The van der Waals surface area contributed by atoms with Gasteiger partial charge in [-0.3, -0.25) is 10.1 Å². The van der Waals surface area contributed by atoms with Crippen molar-refractivity contribution in [3.8, 4) is 17.0 Å². The molecule has 3 aromatic rings. The number of nitrogens with zero attached hydrogens (tertiary/aromatic N) is 2. The minimum absolute atomic E-state index is 0.217. The van der Waals surface area contributed by atoms with Gasteiger partial charge in [0.2, 0.25) is 0 Å². The Balaban J connectivity index is 1.77. The highest BCUT2D eigenvalue weighted by atomic mass is 16.5. The highest BCUT2D eigenvalue weighted by Crippen LogP contribution is 2.20. The van der Waals surface area contributed by atoms with E-state index in [9.17, 15) is 9.59 Å². The fourth-order valence-electron chi connectivity index (χ4n) is 2.82. The second kappa shape index (κ2) is 10.2. The molecule has 0 aliphatic rings. The lowest BCUT2D eigenvalue weighted by Crippen LogP contribution is -2.23. The number of amides is 1. The van der Waals surface area contributed by atoms with Crippen molar-refractivity contribution in [3.05, 3.63) is 76.6 Å². The number of anilines is 1. The summed E-state index contributed by atoms with van der Waals surface area (Å²) in [6.07, 6.45) is -0.522. The van der Waals surface area contributed by atoms with Crippen LogP contribution in [0.5, 0.6) is 5.75 Å². The standard InChI is InChI=1S/C22H24N4O4/c1-2-29-22(28)24-18-5-3-4-16(14-18)15-26-21(27)11-10-20(25-26)17-6-8-19(9-7-17)30-13-12-23/h3-11,14H,2,12-13,15,23H2,1H3,(H,24,28). The van der Waals surface area contributed by atoms with E-state index in [0.717, 1.165) is 16.9 Å². The van der Waals surface area contributed by atoms with Gasteiger partial charge in [-0.25, -0.2) is 9.48 Å². The van der Waals surface area contributed by atoms with E-state index >= 15 is 0 Å². The number of ether oxygens (including phenoxy) is 2. The lowest BCUT2D eigenvalue weighted by atomic mass is 10.1. The number of aromatic nitrogens is 2. The molecule has 0 spiro atoms. The predicted octanol–water partition coefficient (Wildman–Crippen LogP) is 2.86. The van der Waals surface area contributed by atoms with Crippen LogP contribution in [0.2, 0.25) is 0 Å². The number of benzene rings is 2. The van der Waals surface area contributed by atoms with Crippen molar-refractivity contribution < 1.29 is 14.3 Å². The van der Waals surface area contributed by atoms with Crippen molar-refractivity contribution in [1.29, 1.82) is 0 Å². The van der Waals surface area contributed by atoms with Crippen LogP contribution in [-0.4, -0.2) is 35.6 Å². The zero-order valence-corrected chi connectivity index (χ0v) is 16.7. The Bertz CT molecular complexity index is 1050. The highest BCUT2D eigenvalue weighted by molar-refractivity contribution is 5.84. The normalized spacial score (nSPS) is 10.5. The average Bonchev–Trinajstić information content (AvgIpc) is 2.75. The van der Waals surface area contributed by atoms with Crippen molar-refractivity contribution in [3.63, 3.8) is 0 Å². The van der Waals surface area contributed by atoms with Gasteiger partial charge in [0.05, 0.1) is 18.8 Å². The molecule has 1 aromatic heterocycles. The summed E-state index contributed by atoms with van der Waals surface area (Å²) in [5.41, 5.74) is 8.16. The van der Waals surface area contributed by atoms with Crippen LogP contribution in [0.25, 0.3) is 11.3 Å². The molecule has 0 aliphatic carbocycles. The largest absolute Gasteiger partial charge is 0.492 e. The summed E-state index contributed by atoms with van der Waals surface area (Å²) in [7, 11) is 0. The zero-order valence-electron chi connectivity index (χ0n) is 16.7. The molecule has 8 heteroatoms. The van der Waals surface area contributed by atoms with Gasteiger partial charge in [0.25, 0.3) is 5.56 Å². The first kappa shape index (κ1) is 21.1. The van der Waals surface area contributed by atoms with E-state index in [4.69, 9.17) is 15.2 Å². The molecular formula is C22H24N4O4. The number of carbonyl (C=O) groups excluding carboxylic acids is 1. The second-order valence-electron chi connectivity index (χ2n) is 6.42. The van der Waals surface area contributed by atoms with E-state index in [2.05, 4.69) is 10.4 Å². The number of nitrogens with one attached hydrogen (secondary N) is 1. The maximum Gasteiger partial charge on any atom is 0.411 e. The monoisotopic (exact) mass is 408 g/mol. The molecule has 0 atom stereocenters. The van der Waals surface area contributed by atoms with Crippen LogP contribution in [0.4, 0.5) is 10.5 Å². The minimum Gasteiger partial charge on any atom is -0.492 e. The summed E-state index contributed by atoms with van der Waals surface area (Å²) in [4.78, 5) is 23.9. The van der Waals surface area contributed by atoms with Crippen LogP contribution < -0.4 is 21.3 Å². The molecule has 0 saturated heterocycles. The predicted molar refractivity (Wildman–Crippen MR) is 115 cm³/mol. The summed E-state index contributed by atoms with van der Waals surface area (Å²) in [6.45, 7) is 3.19. The van der Waals surface area contributed by atoms with Gasteiger partial charge in [0.15, 0.2) is 0 Å². The maximum atomic E-state index is 12.3. The van der Waals surface area contributed by atoms with E-state index < -0.39 is 6.09 Å². The Morgan fingerprint density at radius 2 is 1.93 bits per heavy atom. The van der Waals surface area contributed by atoms with Gasteiger partial charge in [-0.2, -0.15) is 5.10 Å². The molecule has 0 fully saturated rings. The first-order valence-corrected chi connectivity index (χ1v) is 9.63. The van der Waals surface area contributed by atoms with E-state index in [-0.39, 0.29) is 18.7 Å². The fourth-order valence-corrected chi connectivity index (χ4v) is 2.82. The number of hydrogen-bond donors (Lipinski definition) is 2. The summed E-state index contributed by atoms with van der Waals surface area (Å²) in [6, 6.07) is 17.8. The Hall–Kier alpha value is -3.65. The second-order valence-corrected chi connectivity index (χ2v) is 6.42. The van der Waals surface area contributed by atoms with E-state index in [1.165, 1.54) is 10.7 Å². The molecule has 0 saturated carbocycles. The molecule has 0 radical (unpaired) electrons. The quantitative estimate of drug-likeness (QED) is 0.593. The van der Waals surface area contributed by atoms with Gasteiger partial charge in [-0.1, -0.05) is 12.1 Å². The molecule has 0 aliphatic heterocycles. The Morgan fingerprint density at radius 1 is 1.13 bits per heavy atom. The van der Waals surface area contributed by atoms with Crippen molar-refractivity contribution in [2.24, 2.45) is 5.73 Å². The Labute approximate surface area is 174 Å². The van der Waals surface area contributed by atoms with Gasteiger partial charge in [0.1, 0.15) is 12.4 Å². The lowest BCUT2D eigenvalue weighted by Gasteiger charge is -2.10. The SMILES string of the molecule is CCOC(=O)Nc1cccc(Cn2nc(-c3ccc(OCCN)cc3)ccc2=O)c1.